The Hall–Kier alpha value is -2.13. The highest BCUT2D eigenvalue weighted by Crippen LogP contribution is 2.38. The van der Waals surface area contributed by atoms with E-state index in [0.717, 1.165) is 6.42 Å². The average molecular weight is 379 g/mol. The van der Waals surface area contributed by atoms with E-state index in [1.807, 2.05) is 0 Å². The maximum atomic E-state index is 12.8. The number of methoxy groups -OCH3 is 1. The molecule has 1 aromatic rings. The standard InChI is InChI=1S/C17H21N3O5S/c1-25-12-2-4-13(5-3-12)26(23,24)19-10-8-18(9-11-19)17(22)15-14-6-7-20(15)16(14)21/h2-5,14-15H,6-11H2,1H3. The summed E-state index contributed by atoms with van der Waals surface area (Å²) in [5.74, 6) is 0.459. The van der Waals surface area contributed by atoms with Gasteiger partial charge in [-0.1, -0.05) is 0 Å². The largest absolute Gasteiger partial charge is 0.497 e. The van der Waals surface area contributed by atoms with E-state index in [2.05, 4.69) is 0 Å². The molecule has 2 bridgehead atoms. The highest BCUT2D eigenvalue weighted by atomic mass is 32.2. The zero-order valence-electron chi connectivity index (χ0n) is 14.5. The van der Waals surface area contributed by atoms with E-state index in [4.69, 9.17) is 4.74 Å². The Balaban J connectivity index is 1.40. The molecule has 5 rings (SSSR count). The predicted molar refractivity (Wildman–Crippen MR) is 91.9 cm³/mol. The maximum Gasteiger partial charge on any atom is 0.246 e. The predicted octanol–water partition coefficient (Wildman–Crippen LogP) is -0.241. The number of carbonyl (C=O) groups excluding carboxylic acids is 2. The molecule has 0 radical (unpaired) electrons. The molecular weight excluding hydrogens is 358 g/mol. The van der Waals surface area contributed by atoms with Gasteiger partial charge < -0.3 is 14.5 Å². The molecule has 4 aliphatic heterocycles. The van der Waals surface area contributed by atoms with Gasteiger partial charge in [-0.2, -0.15) is 4.31 Å². The van der Waals surface area contributed by atoms with Crippen LogP contribution in [0.25, 0.3) is 0 Å². The normalized spacial score (nSPS) is 26.0. The van der Waals surface area contributed by atoms with Crippen molar-refractivity contribution in [3.05, 3.63) is 24.3 Å². The van der Waals surface area contributed by atoms with Crippen LogP contribution in [0, 0.1) is 5.92 Å². The molecule has 2 amide bonds. The van der Waals surface area contributed by atoms with Crippen molar-refractivity contribution in [3.8, 4) is 5.75 Å². The smallest absolute Gasteiger partial charge is 0.246 e. The van der Waals surface area contributed by atoms with Crippen molar-refractivity contribution in [2.45, 2.75) is 17.4 Å². The molecule has 4 aliphatic rings. The van der Waals surface area contributed by atoms with Crippen LogP contribution >= 0.6 is 0 Å². The van der Waals surface area contributed by atoms with E-state index in [9.17, 15) is 18.0 Å². The van der Waals surface area contributed by atoms with Crippen LogP contribution < -0.4 is 4.74 Å². The van der Waals surface area contributed by atoms with Gasteiger partial charge in [-0.05, 0) is 30.7 Å². The van der Waals surface area contributed by atoms with Gasteiger partial charge in [0.15, 0.2) is 0 Å². The Labute approximate surface area is 152 Å². The summed E-state index contributed by atoms with van der Waals surface area (Å²) in [7, 11) is -2.06. The van der Waals surface area contributed by atoms with Gasteiger partial charge in [-0.25, -0.2) is 8.42 Å². The van der Waals surface area contributed by atoms with Crippen LogP contribution in [0.4, 0.5) is 0 Å². The lowest BCUT2D eigenvalue weighted by atomic mass is 9.91. The van der Waals surface area contributed by atoms with E-state index >= 15 is 0 Å². The second kappa shape index (κ2) is 6.24. The third-order valence-electron chi connectivity index (χ3n) is 5.50. The number of sulfonamides is 1. The number of piperazine rings is 1. The van der Waals surface area contributed by atoms with Gasteiger partial charge in [0, 0.05) is 32.7 Å². The SMILES string of the molecule is COc1ccc(S(=O)(=O)N2CCN(C(=O)C3C4CCN3C4=O)CC2)cc1. The Bertz CT molecular complexity index is 816. The summed E-state index contributed by atoms with van der Waals surface area (Å²) in [5, 5.41) is 0. The van der Waals surface area contributed by atoms with E-state index in [1.165, 1.54) is 23.5 Å². The molecule has 4 heterocycles. The van der Waals surface area contributed by atoms with Crippen molar-refractivity contribution in [3.63, 3.8) is 0 Å². The highest BCUT2D eigenvalue weighted by molar-refractivity contribution is 7.89. The highest BCUT2D eigenvalue weighted by Gasteiger charge is 2.57. The molecule has 140 valence electrons. The second-order valence-electron chi connectivity index (χ2n) is 6.78. The van der Waals surface area contributed by atoms with Gasteiger partial charge in [0.2, 0.25) is 21.8 Å². The number of rotatable bonds is 4. The Kier molecular flexibility index (Phi) is 4.15. The summed E-state index contributed by atoms with van der Waals surface area (Å²) in [5.41, 5.74) is 0. The summed E-state index contributed by atoms with van der Waals surface area (Å²) < 4.78 is 32.0. The quantitative estimate of drug-likeness (QED) is 0.674. The van der Waals surface area contributed by atoms with E-state index in [0.29, 0.717) is 25.4 Å². The molecule has 26 heavy (non-hydrogen) atoms. The van der Waals surface area contributed by atoms with Crippen molar-refractivity contribution < 1.29 is 22.7 Å². The first kappa shape index (κ1) is 17.3. The van der Waals surface area contributed by atoms with E-state index in [-0.39, 0.29) is 41.8 Å². The molecule has 4 saturated heterocycles. The number of fused-ring (bicyclic) bond motifs is 1. The molecule has 0 aromatic heterocycles. The molecule has 9 heteroatoms. The summed E-state index contributed by atoms with van der Waals surface area (Å²) >= 11 is 0. The molecule has 0 aliphatic carbocycles. The van der Waals surface area contributed by atoms with Crippen LogP contribution in [0.1, 0.15) is 6.42 Å². The number of hydrogen-bond donors (Lipinski definition) is 0. The first-order valence-electron chi connectivity index (χ1n) is 8.67. The van der Waals surface area contributed by atoms with E-state index < -0.39 is 10.0 Å². The van der Waals surface area contributed by atoms with Crippen molar-refractivity contribution in [1.82, 2.24) is 14.1 Å². The Morgan fingerprint density at radius 1 is 1.08 bits per heavy atom. The lowest BCUT2D eigenvalue weighted by Gasteiger charge is -2.42. The zero-order valence-corrected chi connectivity index (χ0v) is 15.3. The first-order chi connectivity index (χ1) is 12.4. The molecule has 0 N–H and O–H groups in total. The monoisotopic (exact) mass is 379 g/mol. The molecular formula is C17H21N3O5S. The van der Waals surface area contributed by atoms with Crippen LogP contribution in [0.5, 0.6) is 5.75 Å². The maximum absolute atomic E-state index is 12.8. The van der Waals surface area contributed by atoms with Crippen molar-refractivity contribution in [1.29, 1.82) is 0 Å². The zero-order chi connectivity index (χ0) is 18.5. The van der Waals surface area contributed by atoms with Crippen LogP contribution in [0.2, 0.25) is 0 Å². The number of amides is 2. The number of benzene rings is 1. The Morgan fingerprint density at radius 3 is 2.23 bits per heavy atom. The minimum atomic E-state index is -3.59. The third-order valence-corrected chi connectivity index (χ3v) is 7.41. The molecule has 2 unspecified atom stereocenters. The summed E-state index contributed by atoms with van der Waals surface area (Å²) in [6, 6.07) is 5.95. The van der Waals surface area contributed by atoms with E-state index in [1.54, 1.807) is 21.9 Å². The van der Waals surface area contributed by atoms with Gasteiger partial charge in [-0.15, -0.1) is 0 Å². The minimum Gasteiger partial charge on any atom is -0.497 e. The second-order valence-corrected chi connectivity index (χ2v) is 8.71. The lowest BCUT2D eigenvalue weighted by molar-refractivity contribution is -0.159. The number of carbonyl (C=O) groups is 2. The lowest BCUT2D eigenvalue weighted by Crippen LogP contribution is -2.63. The van der Waals surface area contributed by atoms with Gasteiger partial charge in [0.1, 0.15) is 11.8 Å². The minimum absolute atomic E-state index is 0.0476. The fourth-order valence-electron chi connectivity index (χ4n) is 3.97. The Morgan fingerprint density at radius 2 is 1.73 bits per heavy atom. The van der Waals surface area contributed by atoms with Crippen molar-refractivity contribution >= 4 is 21.8 Å². The van der Waals surface area contributed by atoms with Crippen molar-refractivity contribution in [2.24, 2.45) is 5.92 Å². The summed E-state index contributed by atoms with van der Waals surface area (Å²) in [4.78, 5) is 27.8. The summed E-state index contributed by atoms with van der Waals surface area (Å²) in [6.45, 7) is 1.86. The molecule has 2 atom stereocenters. The van der Waals surface area contributed by atoms with Crippen LogP contribution in [0.3, 0.4) is 0 Å². The van der Waals surface area contributed by atoms with Crippen LogP contribution in [0.15, 0.2) is 29.2 Å². The molecule has 4 fully saturated rings. The molecule has 1 aromatic carbocycles. The van der Waals surface area contributed by atoms with Gasteiger partial charge in [0.05, 0.1) is 17.9 Å². The molecule has 8 nitrogen and oxygen atoms in total. The van der Waals surface area contributed by atoms with Crippen LogP contribution in [-0.4, -0.2) is 80.2 Å². The number of β-lactam (4-membered cyclic amide) rings is 1. The average Bonchev–Trinajstić information content (AvgIpc) is 3.28. The molecule has 0 saturated carbocycles. The van der Waals surface area contributed by atoms with Crippen molar-refractivity contribution in [2.75, 3.05) is 39.8 Å². The number of nitrogens with zero attached hydrogens (tertiary/aromatic N) is 3. The van der Waals surface area contributed by atoms with Crippen LogP contribution in [-0.2, 0) is 19.6 Å². The first-order valence-corrected chi connectivity index (χ1v) is 10.1. The molecule has 0 spiro atoms. The number of hydrogen-bond acceptors (Lipinski definition) is 5. The fourth-order valence-corrected chi connectivity index (χ4v) is 5.39. The topological polar surface area (TPSA) is 87.2 Å². The van der Waals surface area contributed by atoms with Gasteiger partial charge in [0.25, 0.3) is 0 Å². The van der Waals surface area contributed by atoms with Gasteiger partial charge >= 0.3 is 0 Å². The third kappa shape index (κ3) is 2.57. The number of ether oxygens (including phenoxy) is 1. The fraction of sp³-hybridized carbons (Fsp3) is 0.529. The summed E-state index contributed by atoms with van der Waals surface area (Å²) in [6.07, 6.45) is 0.751. The van der Waals surface area contributed by atoms with Gasteiger partial charge in [-0.3, -0.25) is 9.59 Å².